The third-order valence-electron chi connectivity index (χ3n) is 2.61. The number of hydrazone groups is 1. The van der Waals surface area contributed by atoms with Crippen molar-refractivity contribution in [1.82, 2.24) is 0 Å². The fourth-order valence-corrected chi connectivity index (χ4v) is 4.29. The number of nitrogen functional groups attached to an aromatic ring is 1. The lowest BCUT2D eigenvalue weighted by atomic mass is 10.3. The molecule has 0 amide bonds. The Morgan fingerprint density at radius 3 is 2.50 bits per heavy atom. The molecule has 0 radical (unpaired) electrons. The summed E-state index contributed by atoms with van der Waals surface area (Å²) in [5.74, 6) is 0. The molecule has 1 unspecified atom stereocenters. The van der Waals surface area contributed by atoms with Crippen LogP contribution < -0.4 is 11.2 Å². The number of aliphatic imine (C=N–C) groups is 1. The fourth-order valence-electron chi connectivity index (χ4n) is 1.57. The average molecular weight is 372 g/mol. The van der Waals surface area contributed by atoms with Crippen LogP contribution >= 0.6 is 18.4 Å². The van der Waals surface area contributed by atoms with Gasteiger partial charge in [-0.05, 0) is 43.8 Å². The highest BCUT2D eigenvalue weighted by Gasteiger charge is 2.10. The summed E-state index contributed by atoms with van der Waals surface area (Å²) in [6.45, 7) is 6.49. The minimum Gasteiger partial charge on any atom is -0.451 e. The predicted octanol–water partition coefficient (Wildman–Crippen LogP) is 4.00. The van der Waals surface area contributed by atoms with E-state index in [0.29, 0.717) is 30.8 Å². The van der Waals surface area contributed by atoms with E-state index >= 15 is 0 Å². The molecular formula is C15H25N4O3PS. The molecule has 24 heavy (non-hydrogen) atoms. The van der Waals surface area contributed by atoms with Gasteiger partial charge in [0.15, 0.2) is 0 Å². The number of nitrogens with one attached hydrogen (secondary N) is 1. The first-order valence-electron chi connectivity index (χ1n) is 7.83. The molecule has 134 valence electrons. The zero-order valence-corrected chi connectivity index (χ0v) is 16.1. The Kier molecular flexibility index (Phi) is 10.0. The van der Waals surface area contributed by atoms with Crippen molar-refractivity contribution in [3.63, 3.8) is 0 Å². The van der Waals surface area contributed by atoms with E-state index in [2.05, 4.69) is 15.5 Å². The third kappa shape index (κ3) is 7.75. The molecule has 1 aromatic rings. The Bertz CT molecular complexity index is 588. The van der Waals surface area contributed by atoms with Gasteiger partial charge in [-0.15, -0.1) is 10.1 Å². The highest BCUT2D eigenvalue weighted by molar-refractivity contribution is 8.59. The van der Waals surface area contributed by atoms with Gasteiger partial charge in [0.2, 0.25) is 5.17 Å². The lowest BCUT2D eigenvalue weighted by molar-refractivity contribution is 0.182. The van der Waals surface area contributed by atoms with E-state index in [0.717, 1.165) is 17.8 Å². The first-order chi connectivity index (χ1) is 11.6. The minimum atomic E-state index is -1.88. The largest absolute Gasteiger partial charge is 0.451 e. The van der Waals surface area contributed by atoms with E-state index in [-0.39, 0.29) is 11.3 Å². The van der Waals surface area contributed by atoms with Crippen LogP contribution in [0.25, 0.3) is 0 Å². The van der Waals surface area contributed by atoms with Crippen molar-refractivity contribution in [1.29, 1.82) is 0 Å². The van der Waals surface area contributed by atoms with E-state index in [4.69, 9.17) is 15.2 Å². The molecule has 0 aliphatic rings. The lowest BCUT2D eigenvalue weighted by Gasteiger charge is -2.09. The number of amidine groups is 1. The highest BCUT2D eigenvalue weighted by Crippen LogP contribution is 2.39. The van der Waals surface area contributed by atoms with Crippen LogP contribution in [0.15, 0.2) is 34.4 Å². The molecule has 0 aromatic heterocycles. The first-order valence-corrected chi connectivity index (χ1v) is 11.0. The lowest BCUT2D eigenvalue weighted by Crippen LogP contribution is -2.12. The Morgan fingerprint density at radius 2 is 1.92 bits per heavy atom. The van der Waals surface area contributed by atoms with Gasteiger partial charge in [0.05, 0.1) is 24.6 Å². The van der Waals surface area contributed by atoms with Crippen molar-refractivity contribution < 1.29 is 14.0 Å². The normalized spacial score (nSPS) is 12.4. The van der Waals surface area contributed by atoms with Crippen molar-refractivity contribution >= 4 is 41.0 Å². The molecule has 1 atom stereocenters. The quantitative estimate of drug-likeness (QED) is 0.247. The van der Waals surface area contributed by atoms with E-state index in [1.807, 2.05) is 32.9 Å². The standard InChI is InChI=1S/C15H25N4O3PS/c1-4-11-23(20)24-14(17-15(21-5-2)22-6-3)19-18-13-10-8-7-9-12(13)16/h7-10,18,23H,4-6,11,16H2,1-3H3. The number of anilines is 2. The second-order valence-corrected chi connectivity index (χ2v) is 8.35. The average Bonchev–Trinajstić information content (AvgIpc) is 2.54. The van der Waals surface area contributed by atoms with Gasteiger partial charge in [0.1, 0.15) is 7.00 Å². The summed E-state index contributed by atoms with van der Waals surface area (Å²) in [7, 11) is -1.88. The molecule has 1 rings (SSSR count). The summed E-state index contributed by atoms with van der Waals surface area (Å²) < 4.78 is 22.7. The third-order valence-corrected chi connectivity index (χ3v) is 5.96. The second kappa shape index (κ2) is 11.8. The molecule has 3 N–H and O–H groups in total. The van der Waals surface area contributed by atoms with Crippen molar-refractivity contribution in [2.75, 3.05) is 30.5 Å². The molecule has 0 heterocycles. The molecule has 9 heteroatoms. The maximum atomic E-state index is 12.1. The molecule has 0 bridgehead atoms. The van der Waals surface area contributed by atoms with Gasteiger partial charge in [0, 0.05) is 6.16 Å². The minimum absolute atomic E-state index is 0.111. The second-order valence-electron chi connectivity index (χ2n) is 4.56. The fraction of sp³-hybridized carbons (Fsp3) is 0.467. The summed E-state index contributed by atoms with van der Waals surface area (Å²) in [5, 5.41) is 4.49. The maximum Gasteiger partial charge on any atom is 0.390 e. The number of hydrogen-bond acceptors (Lipinski definition) is 7. The van der Waals surface area contributed by atoms with Gasteiger partial charge in [-0.1, -0.05) is 19.1 Å². The van der Waals surface area contributed by atoms with Gasteiger partial charge in [-0.3, -0.25) is 5.43 Å². The number of nitrogens with two attached hydrogens (primary N) is 1. The number of nitrogens with zero attached hydrogens (tertiary/aromatic N) is 2. The molecule has 0 fully saturated rings. The highest BCUT2D eigenvalue weighted by atomic mass is 32.7. The van der Waals surface area contributed by atoms with Crippen molar-refractivity contribution in [2.45, 2.75) is 27.2 Å². The van der Waals surface area contributed by atoms with E-state index in [1.54, 1.807) is 12.1 Å². The molecule has 0 spiro atoms. The summed E-state index contributed by atoms with van der Waals surface area (Å²) >= 11 is 1.12. The van der Waals surface area contributed by atoms with Crippen LogP contribution in [0.5, 0.6) is 0 Å². The van der Waals surface area contributed by atoms with Gasteiger partial charge >= 0.3 is 6.08 Å². The summed E-state index contributed by atoms with van der Waals surface area (Å²) in [6.07, 6.45) is 1.57. The molecule has 0 aliphatic carbocycles. The zero-order valence-electron chi connectivity index (χ0n) is 14.2. The Balaban J connectivity index is 2.98. The molecular weight excluding hydrogens is 347 g/mol. The number of rotatable bonds is 7. The van der Waals surface area contributed by atoms with Crippen molar-refractivity contribution in [3.05, 3.63) is 24.3 Å². The molecule has 0 saturated carbocycles. The van der Waals surface area contributed by atoms with Crippen molar-refractivity contribution in [3.8, 4) is 0 Å². The molecule has 1 aromatic carbocycles. The van der Waals surface area contributed by atoms with Crippen LogP contribution in [-0.4, -0.2) is 30.6 Å². The number of ether oxygens (including phenoxy) is 2. The van der Waals surface area contributed by atoms with E-state index in [9.17, 15) is 4.57 Å². The SMILES string of the molecule is CCC[PH](=O)SC(N=C(OCC)OCC)=NNc1ccccc1N. The summed E-state index contributed by atoms with van der Waals surface area (Å²) in [6, 6.07) is 7.24. The number of benzene rings is 1. The van der Waals surface area contributed by atoms with Gasteiger partial charge in [0.25, 0.3) is 0 Å². The number of hydrogen-bond donors (Lipinski definition) is 2. The Hall–Kier alpha value is -1.66. The van der Waals surface area contributed by atoms with Gasteiger partial charge < -0.3 is 19.8 Å². The smallest absolute Gasteiger partial charge is 0.390 e. The van der Waals surface area contributed by atoms with Crippen LogP contribution in [0.4, 0.5) is 11.4 Å². The van der Waals surface area contributed by atoms with Gasteiger partial charge in [-0.2, -0.15) is 0 Å². The molecule has 0 aliphatic heterocycles. The Labute approximate surface area is 147 Å². The Morgan fingerprint density at radius 1 is 1.25 bits per heavy atom. The first kappa shape index (κ1) is 20.4. The maximum absolute atomic E-state index is 12.1. The molecule has 7 nitrogen and oxygen atoms in total. The monoisotopic (exact) mass is 372 g/mol. The zero-order chi connectivity index (χ0) is 17.8. The summed E-state index contributed by atoms with van der Waals surface area (Å²) in [5.41, 5.74) is 9.93. The van der Waals surface area contributed by atoms with Crippen LogP contribution in [0, 0.1) is 0 Å². The molecule has 0 saturated heterocycles. The topological polar surface area (TPSA) is 98.3 Å². The van der Waals surface area contributed by atoms with Gasteiger partial charge in [-0.25, -0.2) is 0 Å². The van der Waals surface area contributed by atoms with E-state index in [1.165, 1.54) is 0 Å². The van der Waals surface area contributed by atoms with Crippen molar-refractivity contribution in [2.24, 2.45) is 10.1 Å². The van der Waals surface area contributed by atoms with Crippen LogP contribution in [0.1, 0.15) is 27.2 Å². The number of para-hydroxylation sites is 2. The van der Waals surface area contributed by atoms with Crippen LogP contribution in [-0.2, 0) is 14.0 Å². The van der Waals surface area contributed by atoms with E-state index < -0.39 is 7.00 Å². The van der Waals surface area contributed by atoms with Crippen LogP contribution in [0.2, 0.25) is 0 Å². The summed E-state index contributed by atoms with van der Waals surface area (Å²) in [4.78, 5) is 4.23. The van der Waals surface area contributed by atoms with Crippen LogP contribution in [0.3, 0.4) is 0 Å². The predicted molar refractivity (Wildman–Crippen MR) is 104 cm³/mol.